The summed E-state index contributed by atoms with van der Waals surface area (Å²) >= 11 is 0. The molecule has 0 atom stereocenters. The first-order valence-corrected chi connectivity index (χ1v) is 8.58. The van der Waals surface area contributed by atoms with E-state index in [2.05, 4.69) is 27.7 Å². The molecule has 1 heterocycles. The first-order chi connectivity index (χ1) is 10.5. The number of benzene rings is 1. The monoisotopic (exact) mass is 318 g/mol. The molecule has 0 amide bonds. The van der Waals surface area contributed by atoms with Crippen LogP contribution in [-0.4, -0.2) is 23.1 Å². The third kappa shape index (κ3) is 3.95. The summed E-state index contributed by atoms with van der Waals surface area (Å²) < 4.78 is 5.97. The van der Waals surface area contributed by atoms with E-state index in [1.54, 1.807) is 13.8 Å². The third-order valence-corrected chi connectivity index (χ3v) is 5.06. The fourth-order valence-corrected chi connectivity index (χ4v) is 2.93. The fraction of sp³-hybridized carbons (Fsp3) is 0.650. The van der Waals surface area contributed by atoms with Crippen molar-refractivity contribution in [2.24, 2.45) is 5.92 Å². The molecule has 0 bridgehead atoms. The molecule has 3 heteroatoms. The van der Waals surface area contributed by atoms with Crippen molar-refractivity contribution < 1.29 is 14.6 Å². The Morgan fingerprint density at radius 2 is 1.91 bits per heavy atom. The predicted octanol–water partition coefficient (Wildman–Crippen LogP) is 4.29. The number of hydrogen-bond acceptors (Lipinski definition) is 3. The van der Waals surface area contributed by atoms with Crippen molar-refractivity contribution in [3.63, 3.8) is 0 Å². The average Bonchev–Trinajstić information content (AvgIpc) is 2.44. The number of ether oxygens (including phenoxy) is 1. The molecule has 1 aromatic rings. The number of Topliss-reactive ketones (excluding diaryl/α,β-unsaturated/α-hetero) is 1. The van der Waals surface area contributed by atoms with Gasteiger partial charge < -0.3 is 9.84 Å². The Balaban J connectivity index is 2.53. The van der Waals surface area contributed by atoms with Crippen molar-refractivity contribution in [1.82, 2.24) is 0 Å². The summed E-state index contributed by atoms with van der Waals surface area (Å²) in [6.07, 6.45) is 2.06. The molecular weight excluding hydrogens is 288 g/mol. The van der Waals surface area contributed by atoms with Crippen LogP contribution in [0, 0.1) is 5.92 Å². The first kappa shape index (κ1) is 18.0. The van der Waals surface area contributed by atoms with Crippen molar-refractivity contribution in [3.8, 4) is 5.75 Å². The van der Waals surface area contributed by atoms with E-state index in [0.29, 0.717) is 11.5 Å². The van der Waals surface area contributed by atoms with Crippen molar-refractivity contribution >= 4 is 5.78 Å². The van der Waals surface area contributed by atoms with Gasteiger partial charge in [0.1, 0.15) is 5.75 Å². The van der Waals surface area contributed by atoms with Gasteiger partial charge in [0.15, 0.2) is 5.78 Å². The van der Waals surface area contributed by atoms with E-state index in [4.69, 9.17) is 4.74 Å². The highest BCUT2D eigenvalue weighted by Gasteiger charge is 2.32. The summed E-state index contributed by atoms with van der Waals surface area (Å²) in [5, 5.41) is 9.96. The van der Waals surface area contributed by atoms with E-state index in [1.807, 2.05) is 12.1 Å². The van der Waals surface area contributed by atoms with E-state index in [0.717, 1.165) is 36.3 Å². The van der Waals surface area contributed by atoms with Crippen molar-refractivity contribution in [3.05, 3.63) is 28.8 Å². The molecule has 128 valence electrons. The lowest BCUT2D eigenvalue weighted by Gasteiger charge is -2.34. The van der Waals surface area contributed by atoms with Gasteiger partial charge in [-0.25, -0.2) is 0 Å². The maximum absolute atomic E-state index is 12.6. The van der Waals surface area contributed by atoms with Gasteiger partial charge in [0, 0.05) is 17.5 Å². The van der Waals surface area contributed by atoms with Crippen molar-refractivity contribution in [2.45, 2.75) is 71.8 Å². The molecule has 0 fully saturated rings. The van der Waals surface area contributed by atoms with Gasteiger partial charge in [0.25, 0.3) is 0 Å². The maximum atomic E-state index is 12.6. The summed E-state index contributed by atoms with van der Waals surface area (Å²) in [4.78, 5) is 12.6. The number of aryl methyl sites for hydroxylation is 1. The van der Waals surface area contributed by atoms with Crippen LogP contribution in [0.15, 0.2) is 12.1 Å². The molecule has 0 unspecified atom stereocenters. The van der Waals surface area contributed by atoms with Gasteiger partial charge in [0.05, 0.1) is 12.2 Å². The molecule has 0 saturated carbocycles. The van der Waals surface area contributed by atoms with Gasteiger partial charge in [-0.15, -0.1) is 0 Å². The highest BCUT2D eigenvalue weighted by atomic mass is 16.5. The number of fused-ring (bicyclic) bond motifs is 1. The Kier molecular flexibility index (Phi) is 4.91. The molecule has 1 N–H and O–H groups in total. The quantitative estimate of drug-likeness (QED) is 0.824. The van der Waals surface area contributed by atoms with E-state index in [1.165, 1.54) is 0 Å². The molecule has 0 saturated heterocycles. The van der Waals surface area contributed by atoms with Crippen LogP contribution in [0.4, 0.5) is 0 Å². The average molecular weight is 318 g/mol. The number of ketones is 1. The zero-order valence-electron chi connectivity index (χ0n) is 15.3. The normalized spacial score (nSPS) is 15.3. The highest BCUT2D eigenvalue weighted by Crippen LogP contribution is 2.42. The number of aliphatic hydroxyl groups is 1. The molecule has 2 rings (SSSR count). The van der Waals surface area contributed by atoms with Crippen LogP contribution in [0.5, 0.6) is 5.75 Å². The van der Waals surface area contributed by atoms with Crippen LogP contribution in [-0.2, 0) is 11.8 Å². The molecule has 1 aliphatic rings. The minimum absolute atomic E-state index is 0.00770. The largest absolute Gasteiger partial charge is 0.493 e. The lowest BCUT2D eigenvalue weighted by molar-refractivity contribution is 0.0587. The number of rotatable bonds is 5. The standard InChI is InChI=1S/C20H30O3/c1-13(2)20(5,6)16-11-15(17(21)12-19(3,4)22)10-14-8-7-9-23-18(14)16/h10-11,13,22H,7-9,12H2,1-6H3. The Morgan fingerprint density at radius 1 is 1.26 bits per heavy atom. The molecule has 3 nitrogen and oxygen atoms in total. The predicted molar refractivity (Wildman–Crippen MR) is 93.4 cm³/mol. The van der Waals surface area contributed by atoms with E-state index < -0.39 is 5.60 Å². The zero-order valence-corrected chi connectivity index (χ0v) is 15.3. The van der Waals surface area contributed by atoms with Crippen molar-refractivity contribution in [2.75, 3.05) is 6.61 Å². The summed E-state index contributed by atoms with van der Waals surface area (Å²) in [5.41, 5.74) is 1.87. The smallest absolute Gasteiger partial charge is 0.165 e. The number of carbonyl (C=O) groups excluding carboxylic acids is 1. The van der Waals surface area contributed by atoms with E-state index in [9.17, 15) is 9.90 Å². The summed E-state index contributed by atoms with van der Waals surface area (Å²) in [5.74, 6) is 1.39. The van der Waals surface area contributed by atoms with Gasteiger partial charge in [0.2, 0.25) is 0 Å². The molecular formula is C20H30O3. The minimum atomic E-state index is -0.989. The second-order valence-corrected chi connectivity index (χ2v) is 8.25. The van der Waals surface area contributed by atoms with Gasteiger partial charge >= 0.3 is 0 Å². The Labute approximate surface area is 140 Å². The zero-order chi connectivity index (χ0) is 17.4. The van der Waals surface area contributed by atoms with E-state index >= 15 is 0 Å². The molecule has 23 heavy (non-hydrogen) atoms. The summed E-state index contributed by atoms with van der Waals surface area (Å²) in [6, 6.07) is 3.95. The van der Waals surface area contributed by atoms with Crippen LogP contribution in [0.1, 0.15) is 75.9 Å². The minimum Gasteiger partial charge on any atom is -0.493 e. The SMILES string of the molecule is CC(C)C(C)(C)c1cc(C(=O)CC(C)(C)O)cc2c1OCCC2. The molecule has 0 aliphatic carbocycles. The van der Waals surface area contributed by atoms with Crippen molar-refractivity contribution in [1.29, 1.82) is 0 Å². The molecule has 1 aliphatic heterocycles. The van der Waals surface area contributed by atoms with Gasteiger partial charge in [-0.05, 0) is 55.7 Å². The van der Waals surface area contributed by atoms with Crippen LogP contribution in [0.2, 0.25) is 0 Å². The van der Waals surface area contributed by atoms with Crippen LogP contribution >= 0.6 is 0 Å². The van der Waals surface area contributed by atoms with Crippen LogP contribution in [0.25, 0.3) is 0 Å². The van der Waals surface area contributed by atoms with E-state index in [-0.39, 0.29) is 17.6 Å². The first-order valence-electron chi connectivity index (χ1n) is 8.58. The van der Waals surface area contributed by atoms with Crippen LogP contribution in [0.3, 0.4) is 0 Å². The third-order valence-electron chi connectivity index (χ3n) is 5.06. The molecule has 1 aromatic carbocycles. The van der Waals surface area contributed by atoms with Gasteiger partial charge in [-0.3, -0.25) is 4.79 Å². The second-order valence-electron chi connectivity index (χ2n) is 8.25. The van der Waals surface area contributed by atoms with Gasteiger partial charge in [-0.2, -0.15) is 0 Å². The maximum Gasteiger partial charge on any atom is 0.165 e. The Hall–Kier alpha value is -1.35. The Morgan fingerprint density at radius 3 is 2.48 bits per heavy atom. The lowest BCUT2D eigenvalue weighted by atomic mass is 9.73. The topological polar surface area (TPSA) is 46.5 Å². The molecule has 0 radical (unpaired) electrons. The molecule has 0 spiro atoms. The fourth-order valence-electron chi connectivity index (χ4n) is 2.93. The highest BCUT2D eigenvalue weighted by molar-refractivity contribution is 5.97. The summed E-state index contributed by atoms with van der Waals surface area (Å²) in [7, 11) is 0. The van der Waals surface area contributed by atoms with Gasteiger partial charge in [-0.1, -0.05) is 27.7 Å². The number of hydrogen-bond donors (Lipinski definition) is 1. The summed E-state index contributed by atoms with van der Waals surface area (Å²) in [6.45, 7) is 12.9. The molecule has 0 aromatic heterocycles. The lowest BCUT2D eigenvalue weighted by Crippen LogP contribution is -2.28. The second kappa shape index (κ2) is 6.27. The van der Waals surface area contributed by atoms with Crippen LogP contribution < -0.4 is 4.74 Å². The Bertz CT molecular complexity index is 592. The number of carbonyl (C=O) groups is 1.